The van der Waals surface area contributed by atoms with Crippen LogP contribution in [0.2, 0.25) is 0 Å². The number of hydrogen-bond donors (Lipinski definition) is 1. The predicted molar refractivity (Wildman–Crippen MR) is 116 cm³/mol. The molecule has 7 nitrogen and oxygen atoms in total. The largest absolute Gasteiger partial charge is 0.497 e. The smallest absolute Gasteiger partial charge is 0.338 e. The summed E-state index contributed by atoms with van der Waals surface area (Å²) in [6.07, 6.45) is 0. The number of hydrogen-bond acceptors (Lipinski definition) is 5. The fourth-order valence-electron chi connectivity index (χ4n) is 3.25. The molecule has 0 saturated carbocycles. The maximum Gasteiger partial charge on any atom is 0.338 e. The first-order valence-electron chi connectivity index (χ1n) is 9.33. The van der Waals surface area contributed by atoms with Gasteiger partial charge in [-0.25, -0.2) is 9.59 Å². The minimum atomic E-state index is -0.629. The fraction of sp³-hybridized carbons (Fsp3) is 0.273. The normalized spacial score (nSPS) is 16.3. The Morgan fingerprint density at radius 3 is 2.33 bits per heavy atom. The first-order valence-corrected chi connectivity index (χ1v) is 10.1. The van der Waals surface area contributed by atoms with Crippen LogP contribution in [0, 0.1) is 0 Å². The second-order valence-electron chi connectivity index (χ2n) is 6.60. The van der Waals surface area contributed by atoms with Crippen molar-refractivity contribution in [2.24, 2.45) is 0 Å². The van der Waals surface area contributed by atoms with Crippen LogP contribution in [-0.4, -0.2) is 39.4 Å². The Hall–Kier alpha value is -2.84. The van der Waals surface area contributed by atoms with Crippen molar-refractivity contribution in [3.8, 4) is 5.75 Å². The zero-order chi connectivity index (χ0) is 21.7. The molecule has 8 heteroatoms. The SMILES string of the molecule is COCCOC(=O)C1=C(C)N(c2ccc(OC)cc2)C(=O)NC1c1ccc(Br)cc1. The molecule has 0 aromatic heterocycles. The number of halogens is 1. The van der Waals surface area contributed by atoms with Crippen molar-refractivity contribution in [3.05, 3.63) is 69.8 Å². The Labute approximate surface area is 183 Å². The van der Waals surface area contributed by atoms with Crippen molar-refractivity contribution in [2.75, 3.05) is 32.3 Å². The summed E-state index contributed by atoms with van der Waals surface area (Å²) in [5.74, 6) is 0.167. The van der Waals surface area contributed by atoms with Crippen molar-refractivity contribution in [2.45, 2.75) is 13.0 Å². The number of benzene rings is 2. The van der Waals surface area contributed by atoms with Gasteiger partial charge in [0.05, 0.1) is 31.0 Å². The number of amides is 2. The standard InChI is InChI=1S/C22H23BrN2O5/c1-14-19(21(26)30-13-12-28-2)20(15-4-6-16(23)7-5-15)24-22(27)25(14)17-8-10-18(29-3)11-9-17/h4-11,20H,12-13H2,1-3H3,(H,24,27). The predicted octanol–water partition coefficient (Wildman–Crippen LogP) is 4.19. The van der Waals surface area contributed by atoms with E-state index in [1.807, 2.05) is 24.3 Å². The number of nitrogens with zero attached hydrogens (tertiary/aromatic N) is 1. The molecule has 2 amide bonds. The number of methoxy groups -OCH3 is 2. The molecular formula is C22H23BrN2O5. The monoisotopic (exact) mass is 474 g/mol. The van der Waals surface area contributed by atoms with Gasteiger partial charge in [-0.05, 0) is 48.9 Å². The highest BCUT2D eigenvalue weighted by atomic mass is 79.9. The average Bonchev–Trinajstić information content (AvgIpc) is 2.74. The molecule has 0 spiro atoms. The van der Waals surface area contributed by atoms with Crippen LogP contribution in [-0.2, 0) is 14.3 Å². The lowest BCUT2D eigenvalue weighted by Crippen LogP contribution is -2.48. The number of ether oxygens (including phenoxy) is 3. The van der Waals surface area contributed by atoms with E-state index in [1.54, 1.807) is 38.3 Å². The lowest BCUT2D eigenvalue weighted by molar-refractivity contribution is -0.140. The van der Waals surface area contributed by atoms with Crippen molar-refractivity contribution in [1.29, 1.82) is 0 Å². The van der Waals surface area contributed by atoms with Gasteiger partial charge in [-0.1, -0.05) is 28.1 Å². The molecule has 0 bridgehead atoms. The first kappa shape index (κ1) is 21.9. The minimum Gasteiger partial charge on any atom is -0.497 e. The molecule has 1 aliphatic rings. The molecule has 1 N–H and O–H groups in total. The Morgan fingerprint density at radius 1 is 1.07 bits per heavy atom. The Kier molecular flexibility index (Phi) is 7.12. The zero-order valence-electron chi connectivity index (χ0n) is 17.0. The minimum absolute atomic E-state index is 0.121. The van der Waals surface area contributed by atoms with Crippen molar-refractivity contribution >= 4 is 33.6 Å². The third-order valence-electron chi connectivity index (χ3n) is 4.76. The molecule has 1 atom stereocenters. The van der Waals surface area contributed by atoms with E-state index in [2.05, 4.69) is 21.2 Å². The maximum atomic E-state index is 13.0. The number of esters is 1. The number of urea groups is 1. The van der Waals surface area contributed by atoms with E-state index in [9.17, 15) is 9.59 Å². The third kappa shape index (κ3) is 4.66. The van der Waals surface area contributed by atoms with Crippen molar-refractivity contribution < 1.29 is 23.8 Å². The lowest BCUT2D eigenvalue weighted by atomic mass is 9.94. The Balaban J connectivity index is 2.04. The third-order valence-corrected chi connectivity index (χ3v) is 5.29. The van der Waals surface area contributed by atoms with Gasteiger partial charge in [-0.3, -0.25) is 4.90 Å². The van der Waals surface area contributed by atoms with Gasteiger partial charge in [0.1, 0.15) is 12.4 Å². The van der Waals surface area contributed by atoms with Crippen LogP contribution in [0.15, 0.2) is 64.3 Å². The van der Waals surface area contributed by atoms with Gasteiger partial charge in [0.25, 0.3) is 0 Å². The lowest BCUT2D eigenvalue weighted by Gasteiger charge is -2.35. The summed E-state index contributed by atoms with van der Waals surface area (Å²) in [6, 6.07) is 13.5. The highest BCUT2D eigenvalue weighted by Gasteiger charge is 2.37. The van der Waals surface area contributed by atoms with Gasteiger partial charge in [-0.15, -0.1) is 0 Å². The van der Waals surface area contributed by atoms with Gasteiger partial charge in [0.2, 0.25) is 0 Å². The molecule has 0 saturated heterocycles. The van der Waals surface area contributed by atoms with Crippen LogP contribution in [0.25, 0.3) is 0 Å². The van der Waals surface area contributed by atoms with E-state index in [0.717, 1.165) is 10.0 Å². The first-order chi connectivity index (χ1) is 14.5. The van der Waals surface area contributed by atoms with Gasteiger partial charge >= 0.3 is 12.0 Å². The van der Waals surface area contributed by atoms with E-state index in [-0.39, 0.29) is 19.2 Å². The van der Waals surface area contributed by atoms with Crippen LogP contribution in [0.1, 0.15) is 18.5 Å². The van der Waals surface area contributed by atoms with E-state index in [4.69, 9.17) is 14.2 Å². The Morgan fingerprint density at radius 2 is 1.73 bits per heavy atom. The summed E-state index contributed by atoms with van der Waals surface area (Å²) in [7, 11) is 3.11. The second-order valence-corrected chi connectivity index (χ2v) is 7.51. The van der Waals surface area contributed by atoms with E-state index in [1.165, 1.54) is 12.0 Å². The Bertz CT molecular complexity index is 941. The molecule has 2 aromatic rings. The number of anilines is 1. The molecule has 0 radical (unpaired) electrons. The van der Waals surface area contributed by atoms with Crippen LogP contribution in [0.4, 0.5) is 10.5 Å². The van der Waals surface area contributed by atoms with Crippen LogP contribution < -0.4 is 15.0 Å². The molecule has 2 aromatic carbocycles. The summed E-state index contributed by atoms with van der Waals surface area (Å²) >= 11 is 3.41. The molecule has 0 fully saturated rings. The van der Waals surface area contributed by atoms with Gasteiger partial charge in [0, 0.05) is 17.3 Å². The summed E-state index contributed by atoms with van der Waals surface area (Å²) in [4.78, 5) is 27.4. The van der Waals surface area contributed by atoms with Crippen LogP contribution in [0.5, 0.6) is 5.75 Å². The fourth-order valence-corrected chi connectivity index (χ4v) is 3.51. The molecule has 1 aliphatic heterocycles. The highest BCUT2D eigenvalue weighted by molar-refractivity contribution is 9.10. The van der Waals surface area contributed by atoms with Crippen LogP contribution >= 0.6 is 15.9 Å². The number of rotatable bonds is 7. The molecule has 30 heavy (non-hydrogen) atoms. The van der Waals surface area contributed by atoms with Gasteiger partial charge < -0.3 is 19.5 Å². The summed E-state index contributed by atoms with van der Waals surface area (Å²) in [5.41, 5.74) is 2.25. The second kappa shape index (κ2) is 9.77. The topological polar surface area (TPSA) is 77.1 Å². The van der Waals surface area contributed by atoms with Crippen LogP contribution in [0.3, 0.4) is 0 Å². The molecule has 158 valence electrons. The van der Waals surface area contributed by atoms with Crippen molar-refractivity contribution in [3.63, 3.8) is 0 Å². The zero-order valence-corrected chi connectivity index (χ0v) is 18.6. The van der Waals surface area contributed by atoms with E-state index >= 15 is 0 Å². The molecule has 0 aliphatic carbocycles. The maximum absolute atomic E-state index is 13.0. The quantitative estimate of drug-likeness (QED) is 0.480. The molecule has 3 rings (SSSR count). The number of allylic oxidation sites excluding steroid dienone is 1. The highest BCUT2D eigenvalue weighted by Crippen LogP contribution is 2.35. The van der Waals surface area contributed by atoms with Crippen molar-refractivity contribution in [1.82, 2.24) is 5.32 Å². The summed E-state index contributed by atoms with van der Waals surface area (Å²) in [5, 5.41) is 2.93. The van der Waals surface area contributed by atoms with E-state index < -0.39 is 12.0 Å². The molecular weight excluding hydrogens is 452 g/mol. The number of carbonyl (C=O) groups is 2. The molecule has 1 unspecified atom stereocenters. The molecule has 1 heterocycles. The van der Waals surface area contributed by atoms with Gasteiger partial charge in [-0.2, -0.15) is 0 Å². The summed E-state index contributed by atoms with van der Waals surface area (Å²) < 4.78 is 16.5. The summed E-state index contributed by atoms with van der Waals surface area (Å²) in [6.45, 7) is 2.15. The van der Waals surface area contributed by atoms with Gasteiger partial charge in [0.15, 0.2) is 0 Å². The number of carbonyl (C=O) groups excluding carboxylic acids is 2. The average molecular weight is 475 g/mol. The number of nitrogens with one attached hydrogen (secondary N) is 1. The van der Waals surface area contributed by atoms with E-state index in [0.29, 0.717) is 22.7 Å².